The van der Waals surface area contributed by atoms with E-state index in [4.69, 9.17) is 10.5 Å². The van der Waals surface area contributed by atoms with Crippen LogP contribution in [-0.4, -0.2) is 43.3 Å². The predicted octanol–water partition coefficient (Wildman–Crippen LogP) is 1.17. The number of hydrogen-bond donors (Lipinski definition) is 2. The molecular formula is C20H21N3O6S. The highest BCUT2D eigenvalue weighted by atomic mass is 32.2. The topological polar surface area (TPSA) is 136 Å². The van der Waals surface area contributed by atoms with E-state index < -0.39 is 34.0 Å². The number of fused-ring (bicyclic) bond motifs is 1. The number of nitrogens with zero attached hydrogens (tertiary/aromatic N) is 1. The first-order valence-electron chi connectivity index (χ1n) is 9.17. The van der Waals surface area contributed by atoms with E-state index in [1.807, 2.05) is 29.6 Å². The van der Waals surface area contributed by atoms with E-state index in [1.54, 1.807) is 0 Å². The Balaban J connectivity index is 1.70. The smallest absolute Gasteiger partial charge is 0.338 e. The molecule has 0 saturated carbocycles. The zero-order valence-electron chi connectivity index (χ0n) is 16.2. The maximum Gasteiger partial charge on any atom is 0.338 e. The van der Waals surface area contributed by atoms with E-state index in [2.05, 4.69) is 0 Å². The van der Waals surface area contributed by atoms with Crippen molar-refractivity contribution < 1.29 is 27.5 Å². The molecule has 0 unspecified atom stereocenters. The Kier molecular flexibility index (Phi) is 6.18. The van der Waals surface area contributed by atoms with Crippen LogP contribution in [0, 0.1) is 0 Å². The molecule has 10 heteroatoms. The van der Waals surface area contributed by atoms with Crippen molar-refractivity contribution in [2.45, 2.75) is 30.9 Å². The number of urea groups is 1. The fourth-order valence-electron chi connectivity index (χ4n) is 3.09. The number of nitrogens with two attached hydrogens (primary N) is 1. The first kappa shape index (κ1) is 21.5. The average Bonchev–Trinajstić information content (AvgIpc) is 2.72. The lowest BCUT2D eigenvalue weighted by molar-refractivity contribution is -0.127. The van der Waals surface area contributed by atoms with Gasteiger partial charge < -0.3 is 10.5 Å². The molecule has 3 N–H and O–H groups in total. The van der Waals surface area contributed by atoms with Crippen molar-refractivity contribution >= 4 is 27.9 Å². The van der Waals surface area contributed by atoms with Crippen molar-refractivity contribution in [1.82, 2.24) is 9.62 Å². The van der Waals surface area contributed by atoms with Gasteiger partial charge in [0.05, 0.1) is 10.5 Å². The van der Waals surface area contributed by atoms with Crippen molar-refractivity contribution in [1.29, 1.82) is 0 Å². The zero-order chi connectivity index (χ0) is 21.9. The monoisotopic (exact) mass is 431 g/mol. The molecule has 3 rings (SSSR count). The number of nitrogens with one attached hydrogen (secondary N) is 1. The van der Waals surface area contributed by atoms with Crippen molar-refractivity contribution in [2.24, 2.45) is 5.73 Å². The van der Waals surface area contributed by atoms with Crippen LogP contribution in [0.25, 0.3) is 0 Å². The van der Waals surface area contributed by atoms with Crippen LogP contribution >= 0.6 is 0 Å². The molecule has 158 valence electrons. The number of amides is 3. The molecule has 1 heterocycles. The van der Waals surface area contributed by atoms with Gasteiger partial charge in [-0.25, -0.2) is 18.0 Å². The minimum absolute atomic E-state index is 0.0537. The van der Waals surface area contributed by atoms with Gasteiger partial charge in [-0.15, -0.1) is 0 Å². The number of carbonyl (C=O) groups is 3. The summed E-state index contributed by atoms with van der Waals surface area (Å²) in [6.45, 7) is 1.94. The van der Waals surface area contributed by atoms with Gasteiger partial charge in [0.2, 0.25) is 10.0 Å². The number of hydrogen-bond acceptors (Lipinski definition) is 6. The fraction of sp³-hybridized carbons (Fsp3) is 0.250. The molecule has 0 bridgehead atoms. The Morgan fingerprint density at radius 3 is 2.33 bits per heavy atom. The molecule has 0 aliphatic carbocycles. The molecule has 1 aliphatic rings. The number of carbonyl (C=O) groups excluding carboxylic acids is 3. The molecule has 0 spiro atoms. The maximum atomic E-state index is 13.0. The van der Waals surface area contributed by atoms with Crippen LogP contribution in [0.4, 0.5) is 4.79 Å². The van der Waals surface area contributed by atoms with Crippen LogP contribution in [-0.2, 0) is 32.5 Å². The van der Waals surface area contributed by atoms with Crippen LogP contribution in [0.1, 0.15) is 28.4 Å². The number of rotatable bonds is 5. The molecule has 30 heavy (non-hydrogen) atoms. The summed E-state index contributed by atoms with van der Waals surface area (Å²) in [6, 6.07) is 11.9. The molecule has 0 radical (unpaired) electrons. The highest BCUT2D eigenvalue weighted by molar-refractivity contribution is 7.89. The molecule has 3 amide bonds. The lowest BCUT2D eigenvalue weighted by Crippen LogP contribution is -2.42. The van der Waals surface area contributed by atoms with E-state index >= 15 is 0 Å². The van der Waals surface area contributed by atoms with Crippen molar-refractivity contribution in [3.05, 3.63) is 65.2 Å². The lowest BCUT2D eigenvalue weighted by Gasteiger charge is -2.28. The molecule has 1 aliphatic heterocycles. The van der Waals surface area contributed by atoms with Crippen LogP contribution in [0.5, 0.6) is 0 Å². The minimum Gasteiger partial charge on any atom is -0.449 e. The van der Waals surface area contributed by atoms with Crippen LogP contribution in [0.2, 0.25) is 0 Å². The summed E-state index contributed by atoms with van der Waals surface area (Å²) in [4.78, 5) is 34.5. The van der Waals surface area contributed by atoms with Gasteiger partial charge in [-0.2, -0.15) is 4.31 Å². The van der Waals surface area contributed by atoms with Gasteiger partial charge in [-0.3, -0.25) is 10.1 Å². The third-order valence-corrected chi connectivity index (χ3v) is 6.58. The summed E-state index contributed by atoms with van der Waals surface area (Å²) >= 11 is 0. The number of ether oxygens (including phenoxy) is 1. The van der Waals surface area contributed by atoms with Gasteiger partial charge in [0.1, 0.15) is 0 Å². The normalized spacial score (nSPS) is 15.0. The first-order valence-corrected chi connectivity index (χ1v) is 10.6. The van der Waals surface area contributed by atoms with Crippen molar-refractivity contribution in [2.75, 3.05) is 6.54 Å². The number of sulfonamides is 1. The third-order valence-electron chi connectivity index (χ3n) is 4.72. The van der Waals surface area contributed by atoms with E-state index in [0.29, 0.717) is 13.0 Å². The maximum absolute atomic E-state index is 13.0. The largest absolute Gasteiger partial charge is 0.449 e. The standard InChI is InChI=1S/C20H21N3O6S/c1-13(18(24)22-20(21)26)29-19(25)15-6-8-17(9-7-15)30(27,28)23-11-10-14-4-2-3-5-16(14)12-23/h2-9,13H,10-12H2,1H3,(H3,21,22,24,26)/t13-/m0/s1. The predicted molar refractivity (Wildman–Crippen MR) is 107 cm³/mol. The Bertz CT molecular complexity index is 1080. The van der Waals surface area contributed by atoms with E-state index in [9.17, 15) is 22.8 Å². The molecule has 2 aromatic rings. The van der Waals surface area contributed by atoms with Crippen LogP contribution in [0.15, 0.2) is 53.4 Å². The summed E-state index contributed by atoms with van der Waals surface area (Å²) in [5, 5.41) is 1.81. The number of benzene rings is 2. The summed E-state index contributed by atoms with van der Waals surface area (Å²) in [6.07, 6.45) is -0.618. The van der Waals surface area contributed by atoms with Crippen molar-refractivity contribution in [3.63, 3.8) is 0 Å². The quantitative estimate of drug-likeness (QED) is 0.682. The zero-order valence-corrected chi connectivity index (χ0v) is 17.0. The van der Waals surface area contributed by atoms with Gasteiger partial charge in [0, 0.05) is 13.1 Å². The van der Waals surface area contributed by atoms with Gasteiger partial charge in [0.25, 0.3) is 5.91 Å². The summed E-state index contributed by atoms with van der Waals surface area (Å²) in [5.74, 6) is -1.70. The van der Waals surface area contributed by atoms with Crippen molar-refractivity contribution in [3.8, 4) is 0 Å². The van der Waals surface area contributed by atoms with E-state index in [1.165, 1.54) is 35.5 Å². The third kappa shape index (κ3) is 4.66. The Labute approximate surface area is 173 Å². The molecule has 2 aromatic carbocycles. The van der Waals surface area contributed by atoms with E-state index in [-0.39, 0.29) is 17.0 Å². The van der Waals surface area contributed by atoms with Gasteiger partial charge in [-0.05, 0) is 48.7 Å². The number of esters is 1. The van der Waals surface area contributed by atoms with Gasteiger partial charge in [0.15, 0.2) is 6.10 Å². The van der Waals surface area contributed by atoms with E-state index in [0.717, 1.165) is 11.1 Å². The highest BCUT2D eigenvalue weighted by Gasteiger charge is 2.28. The second-order valence-corrected chi connectivity index (χ2v) is 8.72. The van der Waals surface area contributed by atoms with Gasteiger partial charge in [-0.1, -0.05) is 24.3 Å². The first-order chi connectivity index (χ1) is 14.2. The molecule has 0 aromatic heterocycles. The highest BCUT2D eigenvalue weighted by Crippen LogP contribution is 2.25. The van der Waals surface area contributed by atoms with Gasteiger partial charge >= 0.3 is 12.0 Å². The van der Waals surface area contributed by atoms with Crippen LogP contribution in [0.3, 0.4) is 0 Å². The average molecular weight is 431 g/mol. The summed E-state index contributed by atoms with van der Waals surface area (Å²) in [5.41, 5.74) is 7.02. The summed E-state index contributed by atoms with van der Waals surface area (Å²) < 4.78 is 32.3. The second-order valence-electron chi connectivity index (χ2n) is 6.78. The molecule has 9 nitrogen and oxygen atoms in total. The molecular weight excluding hydrogens is 410 g/mol. The molecule has 0 saturated heterocycles. The van der Waals surface area contributed by atoms with Crippen LogP contribution < -0.4 is 11.1 Å². The Morgan fingerprint density at radius 2 is 1.70 bits per heavy atom. The Hall–Kier alpha value is -3.24. The Morgan fingerprint density at radius 1 is 1.07 bits per heavy atom. The second kappa shape index (κ2) is 8.64. The minimum atomic E-state index is -3.73. The number of primary amides is 1. The molecule has 1 atom stereocenters. The molecule has 0 fully saturated rings. The summed E-state index contributed by atoms with van der Waals surface area (Å²) in [7, 11) is -3.73. The SMILES string of the molecule is C[C@H](OC(=O)c1ccc(S(=O)(=O)N2CCc3ccccc3C2)cc1)C(=O)NC(N)=O. The number of imide groups is 1. The lowest BCUT2D eigenvalue weighted by atomic mass is 10.0. The fourth-order valence-corrected chi connectivity index (χ4v) is 4.51.